The minimum atomic E-state index is 0.230. The fourth-order valence-corrected chi connectivity index (χ4v) is 2.82. The van der Waals surface area contributed by atoms with Crippen molar-refractivity contribution >= 4 is 17.3 Å². The molecule has 0 radical (unpaired) electrons. The number of aliphatic imine (C=N–C) groups is 1. The van der Waals surface area contributed by atoms with E-state index in [2.05, 4.69) is 34.1 Å². The topological polar surface area (TPSA) is 63.7 Å². The Labute approximate surface area is 118 Å². The molecule has 2 rings (SSSR count). The number of morpholine rings is 1. The highest BCUT2D eigenvalue weighted by molar-refractivity contribution is 7.09. The van der Waals surface area contributed by atoms with Gasteiger partial charge in [0.1, 0.15) is 0 Å². The van der Waals surface area contributed by atoms with E-state index in [1.165, 1.54) is 5.01 Å². The molecule has 1 aromatic rings. The van der Waals surface area contributed by atoms with Gasteiger partial charge in [-0.25, -0.2) is 4.98 Å². The summed E-state index contributed by atoms with van der Waals surface area (Å²) in [5, 5.41) is 3.30. The summed E-state index contributed by atoms with van der Waals surface area (Å²) in [6.45, 7) is 7.26. The summed E-state index contributed by atoms with van der Waals surface area (Å²) in [6, 6.07) is 0. The molecule has 0 aliphatic carbocycles. The van der Waals surface area contributed by atoms with E-state index in [0.29, 0.717) is 12.5 Å². The zero-order valence-corrected chi connectivity index (χ0v) is 12.4. The van der Waals surface area contributed by atoms with E-state index in [1.807, 2.05) is 0 Å². The summed E-state index contributed by atoms with van der Waals surface area (Å²) in [5.74, 6) is 0.626. The van der Waals surface area contributed by atoms with E-state index in [4.69, 9.17) is 10.5 Å². The maximum Gasteiger partial charge on any atom is 0.191 e. The van der Waals surface area contributed by atoms with Gasteiger partial charge in [-0.2, -0.15) is 0 Å². The Kier molecular flexibility index (Phi) is 5.15. The summed E-state index contributed by atoms with van der Waals surface area (Å²) in [4.78, 5) is 11.1. The fourth-order valence-electron chi connectivity index (χ4n) is 2.04. The Balaban J connectivity index is 1.80. The predicted molar refractivity (Wildman–Crippen MR) is 78.7 cm³/mol. The molecule has 0 aromatic carbocycles. The molecule has 0 bridgehead atoms. The van der Waals surface area contributed by atoms with Crippen molar-refractivity contribution in [2.75, 3.05) is 26.2 Å². The number of aryl methyl sites for hydroxylation is 1. The van der Waals surface area contributed by atoms with Crippen LogP contribution < -0.4 is 5.73 Å². The molecule has 19 heavy (non-hydrogen) atoms. The number of rotatable bonds is 4. The lowest BCUT2D eigenvalue weighted by Gasteiger charge is -2.31. The first-order valence-corrected chi connectivity index (χ1v) is 7.66. The van der Waals surface area contributed by atoms with Crippen molar-refractivity contribution in [2.24, 2.45) is 10.7 Å². The third kappa shape index (κ3) is 4.18. The molecule has 1 aliphatic heterocycles. The number of hydrogen-bond donors (Lipinski definition) is 1. The van der Waals surface area contributed by atoms with E-state index < -0.39 is 0 Å². The van der Waals surface area contributed by atoms with Crippen LogP contribution in [0, 0.1) is 0 Å². The molecule has 1 aliphatic rings. The Hall–Kier alpha value is -1.14. The van der Waals surface area contributed by atoms with Crippen LogP contribution in [0.25, 0.3) is 0 Å². The number of thiazole rings is 1. The van der Waals surface area contributed by atoms with Gasteiger partial charge in [0.15, 0.2) is 5.96 Å². The molecule has 2 N–H and O–H groups in total. The van der Waals surface area contributed by atoms with Crippen molar-refractivity contribution < 1.29 is 4.74 Å². The predicted octanol–water partition coefficient (Wildman–Crippen LogP) is 1.28. The lowest BCUT2D eigenvalue weighted by Crippen LogP contribution is -2.47. The van der Waals surface area contributed by atoms with E-state index >= 15 is 0 Å². The van der Waals surface area contributed by atoms with Crippen LogP contribution in [0.2, 0.25) is 0 Å². The van der Waals surface area contributed by atoms with E-state index in [0.717, 1.165) is 38.2 Å². The Morgan fingerprint density at radius 2 is 2.53 bits per heavy atom. The molecule has 0 amide bonds. The first-order valence-electron chi connectivity index (χ1n) is 6.78. The van der Waals surface area contributed by atoms with Crippen molar-refractivity contribution in [3.8, 4) is 0 Å². The fraction of sp³-hybridized carbons (Fsp3) is 0.692. The van der Waals surface area contributed by atoms with Crippen LogP contribution in [0.3, 0.4) is 0 Å². The molecule has 1 saturated heterocycles. The quantitative estimate of drug-likeness (QED) is 0.667. The van der Waals surface area contributed by atoms with E-state index in [1.54, 1.807) is 11.3 Å². The maximum absolute atomic E-state index is 6.01. The molecule has 6 heteroatoms. The van der Waals surface area contributed by atoms with Gasteiger partial charge in [-0.3, -0.25) is 4.99 Å². The minimum absolute atomic E-state index is 0.230. The molecule has 106 valence electrons. The number of ether oxygens (including phenoxy) is 1. The summed E-state index contributed by atoms with van der Waals surface area (Å²) in [6.07, 6.45) is 2.09. The molecule has 1 aromatic heterocycles. The molecule has 1 fully saturated rings. The zero-order valence-electron chi connectivity index (χ0n) is 11.6. The number of nitrogens with two attached hydrogens (primary N) is 1. The normalized spacial score (nSPS) is 20.8. The molecule has 0 spiro atoms. The van der Waals surface area contributed by atoms with Crippen LogP contribution >= 0.6 is 11.3 Å². The molecule has 1 unspecified atom stereocenters. The smallest absolute Gasteiger partial charge is 0.191 e. The lowest BCUT2D eigenvalue weighted by molar-refractivity contribution is 0.00530. The zero-order chi connectivity index (χ0) is 13.7. The minimum Gasteiger partial charge on any atom is -0.375 e. The second-order valence-corrected chi connectivity index (χ2v) is 5.65. The first kappa shape index (κ1) is 14.3. The Morgan fingerprint density at radius 1 is 1.68 bits per heavy atom. The number of hydrogen-bond acceptors (Lipinski definition) is 4. The van der Waals surface area contributed by atoms with Gasteiger partial charge in [0.2, 0.25) is 0 Å². The van der Waals surface area contributed by atoms with Crippen molar-refractivity contribution in [3.05, 3.63) is 16.1 Å². The van der Waals surface area contributed by atoms with Crippen molar-refractivity contribution in [3.63, 3.8) is 0 Å². The Morgan fingerprint density at radius 3 is 3.21 bits per heavy atom. The van der Waals surface area contributed by atoms with Gasteiger partial charge in [-0.05, 0) is 13.3 Å². The molecular weight excluding hydrogens is 260 g/mol. The van der Waals surface area contributed by atoms with Crippen LogP contribution in [0.1, 0.15) is 24.5 Å². The molecule has 1 atom stereocenters. The standard InChI is InChI=1S/C13H22N4OS/c1-3-12-16-11(9-19-12)4-5-15-13(14)17-6-7-18-10(2)8-17/h9-10H,3-8H2,1-2H3,(H2,14,15). The second kappa shape index (κ2) is 6.86. The Bertz CT molecular complexity index is 432. The van der Waals surface area contributed by atoms with Crippen LogP contribution in [-0.2, 0) is 17.6 Å². The lowest BCUT2D eigenvalue weighted by atomic mass is 10.3. The summed E-state index contributed by atoms with van der Waals surface area (Å²) < 4.78 is 5.49. The van der Waals surface area contributed by atoms with E-state index in [9.17, 15) is 0 Å². The number of guanidine groups is 1. The highest BCUT2D eigenvalue weighted by Crippen LogP contribution is 2.10. The first-order chi connectivity index (χ1) is 9.19. The van der Waals surface area contributed by atoms with Crippen molar-refractivity contribution in [2.45, 2.75) is 32.8 Å². The maximum atomic E-state index is 6.01. The summed E-state index contributed by atoms with van der Waals surface area (Å²) in [5.41, 5.74) is 7.13. The van der Waals surface area contributed by atoms with Gasteiger partial charge < -0.3 is 15.4 Å². The largest absolute Gasteiger partial charge is 0.375 e. The van der Waals surface area contributed by atoms with Gasteiger partial charge in [-0.1, -0.05) is 6.92 Å². The second-order valence-electron chi connectivity index (χ2n) is 4.70. The SMILES string of the molecule is CCc1nc(CCN=C(N)N2CCOC(C)C2)cs1. The van der Waals surface area contributed by atoms with Crippen LogP contribution in [0.15, 0.2) is 10.4 Å². The van der Waals surface area contributed by atoms with Crippen LogP contribution in [0.4, 0.5) is 0 Å². The molecule has 0 saturated carbocycles. The van der Waals surface area contributed by atoms with E-state index in [-0.39, 0.29) is 6.10 Å². The average molecular weight is 282 g/mol. The monoisotopic (exact) mass is 282 g/mol. The third-order valence-corrected chi connectivity index (χ3v) is 4.15. The highest BCUT2D eigenvalue weighted by atomic mass is 32.1. The van der Waals surface area contributed by atoms with Gasteiger partial charge >= 0.3 is 0 Å². The molecule has 2 heterocycles. The summed E-state index contributed by atoms with van der Waals surface area (Å²) in [7, 11) is 0. The molecular formula is C13H22N4OS. The third-order valence-electron chi connectivity index (χ3n) is 3.11. The average Bonchev–Trinajstić information content (AvgIpc) is 2.86. The van der Waals surface area contributed by atoms with Gasteiger partial charge in [0.25, 0.3) is 0 Å². The van der Waals surface area contributed by atoms with Gasteiger partial charge in [0.05, 0.1) is 23.4 Å². The van der Waals surface area contributed by atoms with Crippen molar-refractivity contribution in [1.82, 2.24) is 9.88 Å². The van der Waals surface area contributed by atoms with Gasteiger partial charge in [0, 0.05) is 31.4 Å². The van der Waals surface area contributed by atoms with Crippen LogP contribution in [0.5, 0.6) is 0 Å². The van der Waals surface area contributed by atoms with Crippen molar-refractivity contribution in [1.29, 1.82) is 0 Å². The van der Waals surface area contributed by atoms with Gasteiger partial charge in [-0.15, -0.1) is 11.3 Å². The number of aromatic nitrogens is 1. The number of nitrogens with zero attached hydrogens (tertiary/aromatic N) is 3. The highest BCUT2D eigenvalue weighted by Gasteiger charge is 2.17. The molecule has 5 nitrogen and oxygen atoms in total. The van der Waals surface area contributed by atoms with Crippen LogP contribution in [-0.4, -0.2) is 48.2 Å². The summed E-state index contributed by atoms with van der Waals surface area (Å²) >= 11 is 1.72.